The summed E-state index contributed by atoms with van der Waals surface area (Å²) in [6.07, 6.45) is 0.720. The molecule has 0 spiro atoms. The highest BCUT2D eigenvalue weighted by Gasteiger charge is 2.17. The minimum absolute atomic E-state index is 0.102. The number of aromatic nitrogens is 2. The molecule has 0 radical (unpaired) electrons. The highest BCUT2D eigenvalue weighted by molar-refractivity contribution is 7.91. The lowest BCUT2D eigenvalue weighted by Gasteiger charge is -2.16. The minimum atomic E-state index is -3.51. The normalized spacial score (nSPS) is 12.5. The van der Waals surface area contributed by atoms with Crippen molar-refractivity contribution in [2.45, 2.75) is 29.2 Å². The smallest absolute Gasteiger partial charge is 0.222 e. The third kappa shape index (κ3) is 4.44. The molecule has 0 bridgehead atoms. The Morgan fingerprint density at radius 3 is 2.29 bits per heavy atom. The van der Waals surface area contributed by atoms with Gasteiger partial charge in [-0.05, 0) is 61.4 Å². The predicted molar refractivity (Wildman–Crippen MR) is 123 cm³/mol. The van der Waals surface area contributed by atoms with Crippen LogP contribution in [-0.4, -0.2) is 24.4 Å². The molecule has 8 heteroatoms. The molecule has 0 saturated carbocycles. The first-order valence-electron chi connectivity index (χ1n) is 9.81. The molecular formula is C23H23N5O2S. The SMILES string of the molecule is CC(Cc1ccc(S(=O)(=O)c2ccccc2)cc1)Nc1ccc2nc(N)nc(N)c2c1. The number of hydrogen-bond acceptors (Lipinski definition) is 7. The average molecular weight is 434 g/mol. The first-order valence-corrected chi connectivity index (χ1v) is 11.3. The van der Waals surface area contributed by atoms with E-state index in [9.17, 15) is 8.42 Å². The lowest BCUT2D eigenvalue weighted by Crippen LogP contribution is -2.18. The molecular weight excluding hydrogens is 410 g/mol. The second kappa shape index (κ2) is 8.23. The molecule has 0 aliphatic carbocycles. The van der Waals surface area contributed by atoms with Crippen LogP contribution in [0.3, 0.4) is 0 Å². The first kappa shape index (κ1) is 20.6. The molecule has 0 aliphatic rings. The number of anilines is 3. The van der Waals surface area contributed by atoms with E-state index in [-0.39, 0.29) is 16.9 Å². The second-order valence-electron chi connectivity index (χ2n) is 7.41. The van der Waals surface area contributed by atoms with Crippen LogP contribution in [0.4, 0.5) is 17.5 Å². The zero-order chi connectivity index (χ0) is 22.0. The van der Waals surface area contributed by atoms with Gasteiger partial charge in [0, 0.05) is 17.1 Å². The van der Waals surface area contributed by atoms with E-state index in [2.05, 4.69) is 22.2 Å². The van der Waals surface area contributed by atoms with Crippen molar-refractivity contribution in [3.63, 3.8) is 0 Å². The van der Waals surface area contributed by atoms with Crippen LogP contribution in [-0.2, 0) is 16.3 Å². The van der Waals surface area contributed by atoms with Crippen molar-refractivity contribution in [2.24, 2.45) is 0 Å². The van der Waals surface area contributed by atoms with E-state index >= 15 is 0 Å². The van der Waals surface area contributed by atoms with Crippen LogP contribution in [0.25, 0.3) is 10.9 Å². The summed E-state index contributed by atoms with van der Waals surface area (Å²) in [5.74, 6) is 0.491. The van der Waals surface area contributed by atoms with Crippen LogP contribution in [0.1, 0.15) is 12.5 Å². The summed E-state index contributed by atoms with van der Waals surface area (Å²) in [6, 6.07) is 21.2. The van der Waals surface area contributed by atoms with Crippen molar-refractivity contribution in [3.05, 3.63) is 78.4 Å². The molecule has 0 saturated heterocycles. The van der Waals surface area contributed by atoms with Crippen molar-refractivity contribution >= 4 is 38.2 Å². The third-order valence-electron chi connectivity index (χ3n) is 4.98. The van der Waals surface area contributed by atoms with E-state index in [1.807, 2.05) is 30.3 Å². The van der Waals surface area contributed by atoms with Gasteiger partial charge in [-0.15, -0.1) is 0 Å². The molecule has 0 fully saturated rings. The van der Waals surface area contributed by atoms with E-state index < -0.39 is 9.84 Å². The molecule has 1 atom stereocenters. The summed E-state index contributed by atoms with van der Waals surface area (Å²) in [5, 5.41) is 4.17. The van der Waals surface area contributed by atoms with E-state index in [1.165, 1.54) is 0 Å². The fraction of sp³-hybridized carbons (Fsp3) is 0.130. The number of nitrogens with two attached hydrogens (primary N) is 2. The Bertz CT molecular complexity index is 1320. The Hall–Kier alpha value is -3.65. The second-order valence-corrected chi connectivity index (χ2v) is 9.36. The molecule has 7 nitrogen and oxygen atoms in total. The van der Waals surface area contributed by atoms with Gasteiger partial charge in [-0.3, -0.25) is 0 Å². The molecule has 4 rings (SSSR count). The monoisotopic (exact) mass is 433 g/mol. The van der Waals surface area contributed by atoms with Gasteiger partial charge in [-0.1, -0.05) is 30.3 Å². The molecule has 5 N–H and O–H groups in total. The van der Waals surface area contributed by atoms with Gasteiger partial charge in [0.15, 0.2) is 0 Å². The molecule has 0 amide bonds. The molecule has 31 heavy (non-hydrogen) atoms. The minimum Gasteiger partial charge on any atom is -0.383 e. The highest BCUT2D eigenvalue weighted by Crippen LogP contribution is 2.24. The van der Waals surface area contributed by atoms with E-state index in [1.54, 1.807) is 42.5 Å². The van der Waals surface area contributed by atoms with E-state index in [4.69, 9.17) is 11.5 Å². The number of sulfone groups is 1. The summed E-state index contributed by atoms with van der Waals surface area (Å²) in [4.78, 5) is 8.77. The Morgan fingerprint density at radius 2 is 1.58 bits per heavy atom. The molecule has 1 heterocycles. The lowest BCUT2D eigenvalue weighted by molar-refractivity contribution is 0.596. The Morgan fingerprint density at radius 1 is 0.903 bits per heavy atom. The van der Waals surface area contributed by atoms with Crippen molar-refractivity contribution in [3.8, 4) is 0 Å². The van der Waals surface area contributed by atoms with Crippen molar-refractivity contribution in [2.75, 3.05) is 16.8 Å². The van der Waals surface area contributed by atoms with Gasteiger partial charge in [-0.2, -0.15) is 4.98 Å². The molecule has 158 valence electrons. The standard InChI is InChI=1S/C23H23N5O2S/c1-15(26-17-9-12-21-20(14-17)22(24)28-23(25)27-21)13-16-7-10-19(11-8-16)31(29,30)18-5-3-2-4-6-18/h2-12,14-15,26H,13H2,1H3,(H4,24,25,27,28). The van der Waals surface area contributed by atoms with Crippen LogP contribution >= 0.6 is 0 Å². The van der Waals surface area contributed by atoms with Gasteiger partial charge in [0.1, 0.15) is 5.82 Å². The summed E-state index contributed by atoms with van der Waals surface area (Å²) in [5.41, 5.74) is 14.2. The number of rotatable bonds is 6. The first-order chi connectivity index (χ1) is 14.8. The summed E-state index contributed by atoms with van der Waals surface area (Å²) >= 11 is 0. The average Bonchev–Trinajstić information content (AvgIpc) is 2.75. The fourth-order valence-corrected chi connectivity index (χ4v) is 4.77. The number of nitrogens with one attached hydrogen (secondary N) is 1. The molecule has 4 aromatic rings. The molecule has 1 unspecified atom stereocenters. The Labute approximate surface area is 181 Å². The third-order valence-corrected chi connectivity index (χ3v) is 6.77. The van der Waals surface area contributed by atoms with Gasteiger partial charge in [-0.25, -0.2) is 13.4 Å². The van der Waals surface area contributed by atoms with Crippen molar-refractivity contribution in [1.29, 1.82) is 0 Å². The van der Waals surface area contributed by atoms with Crippen LogP contribution in [0.5, 0.6) is 0 Å². The van der Waals surface area contributed by atoms with Crippen molar-refractivity contribution < 1.29 is 8.42 Å². The number of benzene rings is 3. The summed E-state index contributed by atoms with van der Waals surface area (Å²) < 4.78 is 25.4. The van der Waals surface area contributed by atoms with Gasteiger partial charge < -0.3 is 16.8 Å². The van der Waals surface area contributed by atoms with E-state index in [0.717, 1.165) is 23.1 Å². The Balaban J connectivity index is 1.47. The van der Waals surface area contributed by atoms with Crippen molar-refractivity contribution in [1.82, 2.24) is 9.97 Å². The largest absolute Gasteiger partial charge is 0.383 e. The quantitative estimate of drug-likeness (QED) is 0.424. The number of nitrogens with zero attached hydrogens (tertiary/aromatic N) is 2. The van der Waals surface area contributed by atoms with Gasteiger partial charge in [0.2, 0.25) is 15.8 Å². The van der Waals surface area contributed by atoms with Crippen LogP contribution < -0.4 is 16.8 Å². The maximum Gasteiger partial charge on any atom is 0.222 e. The predicted octanol–water partition coefficient (Wildman–Crippen LogP) is 3.67. The van der Waals surface area contributed by atoms with Crippen LogP contribution in [0, 0.1) is 0 Å². The zero-order valence-electron chi connectivity index (χ0n) is 17.0. The number of nitrogen functional groups attached to an aromatic ring is 2. The van der Waals surface area contributed by atoms with E-state index in [0.29, 0.717) is 16.2 Å². The fourth-order valence-electron chi connectivity index (χ4n) is 3.49. The summed E-state index contributed by atoms with van der Waals surface area (Å²) in [7, 11) is -3.51. The zero-order valence-corrected chi connectivity index (χ0v) is 17.8. The summed E-state index contributed by atoms with van der Waals surface area (Å²) in [6.45, 7) is 2.06. The Kier molecular flexibility index (Phi) is 5.48. The molecule has 3 aromatic carbocycles. The van der Waals surface area contributed by atoms with Gasteiger partial charge in [0.25, 0.3) is 0 Å². The van der Waals surface area contributed by atoms with Gasteiger partial charge in [0.05, 0.1) is 15.3 Å². The topological polar surface area (TPSA) is 124 Å². The van der Waals surface area contributed by atoms with Gasteiger partial charge >= 0.3 is 0 Å². The lowest BCUT2D eigenvalue weighted by atomic mass is 10.1. The molecule has 1 aromatic heterocycles. The number of hydrogen-bond donors (Lipinski definition) is 3. The number of fused-ring (bicyclic) bond motifs is 1. The van der Waals surface area contributed by atoms with Crippen LogP contribution in [0.2, 0.25) is 0 Å². The van der Waals surface area contributed by atoms with Crippen LogP contribution in [0.15, 0.2) is 82.6 Å². The maximum absolute atomic E-state index is 12.7. The highest BCUT2D eigenvalue weighted by atomic mass is 32.2. The molecule has 0 aliphatic heterocycles. The maximum atomic E-state index is 12.7.